The second-order valence-corrected chi connectivity index (χ2v) is 6.20. The summed E-state index contributed by atoms with van der Waals surface area (Å²) in [5.41, 5.74) is 0.647. The van der Waals surface area contributed by atoms with Crippen molar-refractivity contribution in [1.82, 2.24) is 14.9 Å². The maximum absolute atomic E-state index is 12.2. The molecule has 1 N–H and O–H groups in total. The molecule has 5 nitrogen and oxygen atoms in total. The highest BCUT2D eigenvalue weighted by molar-refractivity contribution is 5.94. The molecule has 0 bridgehead atoms. The summed E-state index contributed by atoms with van der Waals surface area (Å²) in [6, 6.07) is 7.24. The summed E-state index contributed by atoms with van der Waals surface area (Å²) < 4.78 is 7.71. The monoisotopic (exact) mass is 313 g/mol. The Labute approximate surface area is 136 Å². The second-order valence-electron chi connectivity index (χ2n) is 6.20. The molecule has 0 unspecified atom stereocenters. The highest BCUT2D eigenvalue weighted by Gasteiger charge is 2.27. The standard InChI is InChI=1S/C18H23N3O2/c1-13(2)23-16-7-5-15(6-8-16)18(22)20-10-12-21-11-9-19-17(21)14-3-4-14/h5-9,11,13-14H,3-4,10,12H2,1-2H3,(H,20,22). The van der Waals surface area contributed by atoms with Crippen molar-refractivity contribution in [2.75, 3.05) is 6.54 Å². The smallest absolute Gasteiger partial charge is 0.251 e. The van der Waals surface area contributed by atoms with Gasteiger partial charge < -0.3 is 14.6 Å². The van der Waals surface area contributed by atoms with Crippen molar-refractivity contribution in [2.45, 2.75) is 45.3 Å². The van der Waals surface area contributed by atoms with Gasteiger partial charge >= 0.3 is 0 Å². The third-order valence-corrected chi connectivity index (χ3v) is 3.82. The lowest BCUT2D eigenvalue weighted by molar-refractivity contribution is 0.0952. The Morgan fingerprint density at radius 2 is 2.09 bits per heavy atom. The van der Waals surface area contributed by atoms with Crippen molar-refractivity contribution in [3.05, 3.63) is 48.0 Å². The molecule has 3 rings (SSSR count). The molecule has 23 heavy (non-hydrogen) atoms. The Balaban J connectivity index is 1.50. The lowest BCUT2D eigenvalue weighted by Crippen LogP contribution is -2.27. The number of hydrogen-bond donors (Lipinski definition) is 1. The molecule has 0 radical (unpaired) electrons. The van der Waals surface area contributed by atoms with Crippen molar-refractivity contribution in [3.8, 4) is 5.75 Å². The van der Waals surface area contributed by atoms with E-state index in [1.54, 1.807) is 12.1 Å². The molecule has 1 aliphatic rings. The Morgan fingerprint density at radius 3 is 2.74 bits per heavy atom. The first-order chi connectivity index (χ1) is 11.1. The number of benzene rings is 1. The van der Waals surface area contributed by atoms with Crippen LogP contribution in [0.25, 0.3) is 0 Å². The fourth-order valence-corrected chi connectivity index (χ4v) is 2.56. The van der Waals surface area contributed by atoms with Crippen LogP contribution in [-0.4, -0.2) is 28.1 Å². The number of imidazole rings is 1. The quantitative estimate of drug-likeness (QED) is 0.855. The van der Waals surface area contributed by atoms with Gasteiger partial charge in [-0.25, -0.2) is 4.98 Å². The van der Waals surface area contributed by atoms with Gasteiger partial charge in [0.15, 0.2) is 0 Å². The Kier molecular flexibility index (Phi) is 4.65. The summed E-state index contributed by atoms with van der Waals surface area (Å²) in [6.45, 7) is 5.31. The van der Waals surface area contributed by atoms with Crippen LogP contribution in [0, 0.1) is 0 Å². The molecule has 1 aliphatic carbocycles. The molecular formula is C18H23N3O2. The van der Waals surface area contributed by atoms with Gasteiger partial charge in [-0.15, -0.1) is 0 Å². The van der Waals surface area contributed by atoms with Gasteiger partial charge in [0, 0.05) is 37.0 Å². The van der Waals surface area contributed by atoms with Gasteiger partial charge in [0.05, 0.1) is 6.10 Å². The van der Waals surface area contributed by atoms with E-state index in [1.165, 1.54) is 12.8 Å². The zero-order valence-electron chi connectivity index (χ0n) is 13.7. The number of hydrogen-bond acceptors (Lipinski definition) is 3. The van der Waals surface area contributed by atoms with Crippen molar-refractivity contribution < 1.29 is 9.53 Å². The average molecular weight is 313 g/mol. The highest BCUT2D eigenvalue weighted by atomic mass is 16.5. The summed E-state index contributed by atoms with van der Waals surface area (Å²) in [7, 11) is 0. The lowest BCUT2D eigenvalue weighted by Gasteiger charge is -2.11. The van der Waals surface area contributed by atoms with Crippen LogP contribution in [-0.2, 0) is 6.54 Å². The van der Waals surface area contributed by atoms with Gasteiger partial charge in [-0.1, -0.05) is 0 Å². The van der Waals surface area contributed by atoms with E-state index in [4.69, 9.17) is 4.74 Å². The molecule has 122 valence electrons. The molecule has 1 aromatic carbocycles. The molecule has 0 aliphatic heterocycles. The molecule has 0 atom stereocenters. The predicted molar refractivity (Wildman–Crippen MR) is 88.7 cm³/mol. The van der Waals surface area contributed by atoms with E-state index in [-0.39, 0.29) is 12.0 Å². The zero-order valence-corrected chi connectivity index (χ0v) is 13.7. The van der Waals surface area contributed by atoms with E-state index in [2.05, 4.69) is 14.9 Å². The van der Waals surface area contributed by atoms with Crippen molar-refractivity contribution in [3.63, 3.8) is 0 Å². The minimum absolute atomic E-state index is 0.0609. The molecule has 1 amide bonds. The van der Waals surface area contributed by atoms with Crippen LogP contribution in [0.4, 0.5) is 0 Å². The normalized spacial score (nSPS) is 14.0. The summed E-state index contributed by atoms with van der Waals surface area (Å²) in [5.74, 6) is 2.49. The first-order valence-corrected chi connectivity index (χ1v) is 8.19. The Hall–Kier alpha value is -2.30. The van der Waals surface area contributed by atoms with Crippen molar-refractivity contribution >= 4 is 5.91 Å². The number of aromatic nitrogens is 2. The minimum Gasteiger partial charge on any atom is -0.491 e. The topological polar surface area (TPSA) is 56.1 Å². The van der Waals surface area contributed by atoms with Gasteiger partial charge in [-0.3, -0.25) is 4.79 Å². The lowest BCUT2D eigenvalue weighted by atomic mass is 10.2. The number of nitrogens with one attached hydrogen (secondary N) is 1. The molecule has 5 heteroatoms. The SMILES string of the molecule is CC(C)Oc1ccc(C(=O)NCCn2ccnc2C2CC2)cc1. The summed E-state index contributed by atoms with van der Waals surface area (Å²) >= 11 is 0. The molecular weight excluding hydrogens is 290 g/mol. The van der Waals surface area contributed by atoms with Gasteiger partial charge in [0.1, 0.15) is 11.6 Å². The average Bonchev–Trinajstić information content (AvgIpc) is 3.26. The van der Waals surface area contributed by atoms with E-state index in [1.807, 2.05) is 38.4 Å². The summed E-state index contributed by atoms with van der Waals surface area (Å²) in [6.07, 6.45) is 6.41. The third-order valence-electron chi connectivity index (χ3n) is 3.82. The Bertz CT molecular complexity index is 657. The molecule has 2 aromatic rings. The van der Waals surface area contributed by atoms with E-state index in [9.17, 15) is 4.79 Å². The number of carbonyl (C=O) groups excluding carboxylic acids is 1. The van der Waals surface area contributed by atoms with Gasteiger partial charge in [0.2, 0.25) is 0 Å². The van der Waals surface area contributed by atoms with E-state index in [0.29, 0.717) is 18.0 Å². The molecule has 1 saturated carbocycles. The van der Waals surface area contributed by atoms with Gasteiger partial charge in [0.25, 0.3) is 5.91 Å². The number of ether oxygens (including phenoxy) is 1. The van der Waals surface area contributed by atoms with Crippen molar-refractivity contribution in [1.29, 1.82) is 0 Å². The fourth-order valence-electron chi connectivity index (χ4n) is 2.56. The first-order valence-electron chi connectivity index (χ1n) is 8.19. The van der Waals surface area contributed by atoms with Crippen LogP contribution in [0.2, 0.25) is 0 Å². The van der Waals surface area contributed by atoms with Gasteiger partial charge in [-0.05, 0) is 51.0 Å². The van der Waals surface area contributed by atoms with Crippen LogP contribution >= 0.6 is 0 Å². The summed E-state index contributed by atoms with van der Waals surface area (Å²) in [5, 5.41) is 2.96. The van der Waals surface area contributed by atoms with Gasteiger partial charge in [-0.2, -0.15) is 0 Å². The third kappa shape index (κ3) is 4.12. The number of carbonyl (C=O) groups is 1. The minimum atomic E-state index is -0.0609. The molecule has 0 saturated heterocycles. The molecule has 1 heterocycles. The van der Waals surface area contributed by atoms with Crippen LogP contribution < -0.4 is 10.1 Å². The van der Waals surface area contributed by atoms with E-state index in [0.717, 1.165) is 18.1 Å². The number of nitrogens with zero attached hydrogens (tertiary/aromatic N) is 2. The number of rotatable bonds is 7. The second kappa shape index (κ2) is 6.86. The first kappa shape index (κ1) is 15.6. The van der Waals surface area contributed by atoms with E-state index < -0.39 is 0 Å². The van der Waals surface area contributed by atoms with Crippen LogP contribution in [0.5, 0.6) is 5.75 Å². The molecule has 1 fully saturated rings. The highest BCUT2D eigenvalue weighted by Crippen LogP contribution is 2.38. The zero-order chi connectivity index (χ0) is 16.2. The maximum Gasteiger partial charge on any atom is 0.251 e. The number of amides is 1. The molecule has 1 aromatic heterocycles. The van der Waals surface area contributed by atoms with Crippen LogP contribution in [0.1, 0.15) is 48.8 Å². The van der Waals surface area contributed by atoms with E-state index >= 15 is 0 Å². The largest absolute Gasteiger partial charge is 0.491 e. The predicted octanol–water partition coefficient (Wildman–Crippen LogP) is 2.98. The van der Waals surface area contributed by atoms with Crippen molar-refractivity contribution in [2.24, 2.45) is 0 Å². The van der Waals surface area contributed by atoms with Crippen LogP contribution in [0.3, 0.4) is 0 Å². The maximum atomic E-state index is 12.2. The summed E-state index contributed by atoms with van der Waals surface area (Å²) in [4.78, 5) is 16.6. The fraction of sp³-hybridized carbons (Fsp3) is 0.444. The Morgan fingerprint density at radius 1 is 1.35 bits per heavy atom. The molecule has 0 spiro atoms. The van der Waals surface area contributed by atoms with Crippen LogP contribution in [0.15, 0.2) is 36.7 Å².